The molecule has 0 spiro atoms. The Kier molecular flexibility index (Phi) is 4.10. The number of ketones is 1. The predicted octanol–water partition coefficient (Wildman–Crippen LogP) is 0.822. The molecule has 0 unspecified atom stereocenters. The van der Waals surface area contributed by atoms with E-state index in [9.17, 15) is 18.0 Å². The Labute approximate surface area is 85.9 Å². The van der Waals surface area contributed by atoms with Crippen molar-refractivity contribution in [1.29, 1.82) is 0 Å². The van der Waals surface area contributed by atoms with Crippen molar-refractivity contribution in [2.45, 2.75) is 19.0 Å². The number of rotatable bonds is 6. The highest BCUT2D eigenvalue weighted by Crippen LogP contribution is 2.30. The molecule has 0 amide bonds. The van der Waals surface area contributed by atoms with E-state index in [2.05, 4.69) is 0 Å². The zero-order chi connectivity index (χ0) is 11.5. The average molecular weight is 225 g/mol. The van der Waals surface area contributed by atoms with E-state index in [1.165, 1.54) is 0 Å². The predicted molar refractivity (Wildman–Crippen MR) is 47.3 cm³/mol. The van der Waals surface area contributed by atoms with Gasteiger partial charge in [-0.2, -0.15) is 13.2 Å². The van der Waals surface area contributed by atoms with Crippen LogP contribution in [0.25, 0.3) is 0 Å². The first-order valence-electron chi connectivity index (χ1n) is 4.85. The zero-order valence-corrected chi connectivity index (χ0v) is 8.26. The highest BCUT2D eigenvalue weighted by molar-refractivity contribution is 5.84. The third-order valence-electron chi connectivity index (χ3n) is 2.23. The van der Waals surface area contributed by atoms with Crippen molar-refractivity contribution in [1.82, 2.24) is 4.90 Å². The van der Waals surface area contributed by atoms with Gasteiger partial charge in [0.05, 0.1) is 19.7 Å². The van der Waals surface area contributed by atoms with Crippen molar-refractivity contribution in [2.24, 2.45) is 5.92 Å². The standard InChI is InChI=1S/C9H14F3NO2/c10-9(11,12)6-13(3-4-14)5-8(15)7-1-2-7/h7,14H,1-6H2. The largest absolute Gasteiger partial charge is 0.401 e. The summed E-state index contributed by atoms with van der Waals surface area (Å²) in [6.07, 6.45) is -2.74. The zero-order valence-electron chi connectivity index (χ0n) is 8.26. The van der Waals surface area contributed by atoms with Gasteiger partial charge in [0.15, 0.2) is 0 Å². The molecule has 15 heavy (non-hydrogen) atoms. The molecule has 0 aromatic rings. The third kappa shape index (κ3) is 5.13. The van der Waals surface area contributed by atoms with Crippen LogP contribution in [0.2, 0.25) is 0 Å². The van der Waals surface area contributed by atoms with E-state index in [1.807, 2.05) is 0 Å². The van der Waals surface area contributed by atoms with E-state index in [0.29, 0.717) is 0 Å². The molecule has 88 valence electrons. The summed E-state index contributed by atoms with van der Waals surface area (Å²) in [5.41, 5.74) is 0. The summed E-state index contributed by atoms with van der Waals surface area (Å²) in [6.45, 7) is -1.82. The van der Waals surface area contributed by atoms with Crippen LogP contribution in [0.4, 0.5) is 13.2 Å². The minimum atomic E-state index is -4.32. The first-order chi connectivity index (χ1) is 6.92. The number of hydrogen-bond donors (Lipinski definition) is 1. The lowest BCUT2D eigenvalue weighted by Gasteiger charge is -2.21. The quantitative estimate of drug-likeness (QED) is 0.727. The minimum absolute atomic E-state index is 0.0422. The first kappa shape index (κ1) is 12.4. The third-order valence-corrected chi connectivity index (χ3v) is 2.23. The van der Waals surface area contributed by atoms with Crippen LogP contribution in [-0.4, -0.2) is 48.2 Å². The molecule has 0 saturated heterocycles. The monoisotopic (exact) mass is 225 g/mol. The lowest BCUT2D eigenvalue weighted by molar-refractivity contribution is -0.149. The van der Waals surface area contributed by atoms with Gasteiger partial charge in [-0.1, -0.05) is 0 Å². The van der Waals surface area contributed by atoms with Crippen molar-refractivity contribution >= 4 is 5.78 Å². The Bertz CT molecular complexity index is 226. The molecule has 0 aromatic carbocycles. The van der Waals surface area contributed by atoms with Gasteiger partial charge in [0.1, 0.15) is 5.78 Å². The molecule has 1 aliphatic rings. The molecule has 1 saturated carbocycles. The number of carbonyl (C=O) groups excluding carboxylic acids is 1. The van der Waals surface area contributed by atoms with Gasteiger partial charge in [-0.3, -0.25) is 9.69 Å². The maximum absolute atomic E-state index is 12.1. The lowest BCUT2D eigenvalue weighted by atomic mass is 10.2. The Morgan fingerprint density at radius 2 is 2.00 bits per heavy atom. The van der Waals surface area contributed by atoms with Crippen LogP contribution < -0.4 is 0 Å². The number of Topliss-reactive ketones (excluding diaryl/α,β-unsaturated/α-hetero) is 1. The average Bonchev–Trinajstić information content (AvgIpc) is 2.82. The fraction of sp³-hybridized carbons (Fsp3) is 0.889. The summed E-state index contributed by atoms with van der Waals surface area (Å²) in [6, 6.07) is 0. The van der Waals surface area contributed by atoms with E-state index < -0.39 is 12.7 Å². The van der Waals surface area contributed by atoms with Crippen molar-refractivity contribution in [3.8, 4) is 0 Å². The molecule has 0 radical (unpaired) electrons. The smallest absolute Gasteiger partial charge is 0.395 e. The van der Waals surface area contributed by atoms with Crippen LogP contribution in [0.15, 0.2) is 0 Å². The molecule has 0 bridgehead atoms. The second-order valence-corrected chi connectivity index (χ2v) is 3.79. The molecule has 3 nitrogen and oxygen atoms in total. The maximum Gasteiger partial charge on any atom is 0.401 e. The van der Waals surface area contributed by atoms with Gasteiger partial charge in [0, 0.05) is 12.5 Å². The Morgan fingerprint density at radius 3 is 2.40 bits per heavy atom. The number of aliphatic hydroxyl groups is 1. The topological polar surface area (TPSA) is 40.5 Å². The van der Waals surface area contributed by atoms with Crippen molar-refractivity contribution in [3.05, 3.63) is 0 Å². The molecule has 0 heterocycles. The number of halogens is 3. The number of nitrogens with zero attached hydrogens (tertiary/aromatic N) is 1. The molecule has 1 fully saturated rings. The molecule has 0 aromatic heterocycles. The number of carbonyl (C=O) groups is 1. The number of hydrogen-bond acceptors (Lipinski definition) is 3. The Balaban J connectivity index is 2.38. The van der Waals surface area contributed by atoms with Gasteiger partial charge in [-0.05, 0) is 12.8 Å². The van der Waals surface area contributed by atoms with Gasteiger partial charge in [0.2, 0.25) is 0 Å². The summed E-state index contributed by atoms with van der Waals surface area (Å²) in [7, 11) is 0. The van der Waals surface area contributed by atoms with Gasteiger partial charge in [-0.25, -0.2) is 0 Å². The summed E-state index contributed by atoms with van der Waals surface area (Å²) in [5.74, 6) is -0.188. The second-order valence-electron chi connectivity index (χ2n) is 3.79. The summed E-state index contributed by atoms with van der Waals surface area (Å²) in [4.78, 5) is 12.2. The van der Waals surface area contributed by atoms with E-state index in [1.54, 1.807) is 0 Å². The van der Waals surface area contributed by atoms with Crippen LogP contribution in [0, 0.1) is 5.92 Å². The molecule has 1 rings (SSSR count). The molecule has 0 aliphatic heterocycles. The number of aliphatic hydroxyl groups excluding tert-OH is 1. The normalized spacial score (nSPS) is 17.1. The van der Waals surface area contributed by atoms with Crippen molar-refractivity contribution in [2.75, 3.05) is 26.2 Å². The van der Waals surface area contributed by atoms with E-state index in [0.717, 1.165) is 17.7 Å². The van der Waals surface area contributed by atoms with Gasteiger partial charge >= 0.3 is 6.18 Å². The van der Waals surface area contributed by atoms with Gasteiger partial charge in [-0.15, -0.1) is 0 Å². The SMILES string of the molecule is O=C(CN(CCO)CC(F)(F)F)C1CC1. The van der Waals surface area contributed by atoms with Gasteiger partial charge in [0.25, 0.3) is 0 Å². The molecule has 6 heteroatoms. The van der Waals surface area contributed by atoms with Crippen molar-refractivity contribution in [3.63, 3.8) is 0 Å². The van der Waals surface area contributed by atoms with Crippen LogP contribution in [0.3, 0.4) is 0 Å². The van der Waals surface area contributed by atoms with Crippen LogP contribution in [0.1, 0.15) is 12.8 Å². The number of alkyl halides is 3. The first-order valence-corrected chi connectivity index (χ1v) is 4.85. The van der Waals surface area contributed by atoms with Gasteiger partial charge < -0.3 is 5.11 Å². The molecule has 1 aliphatic carbocycles. The van der Waals surface area contributed by atoms with E-state index in [-0.39, 0.29) is 31.4 Å². The molecule has 1 N–H and O–H groups in total. The van der Waals surface area contributed by atoms with Crippen LogP contribution >= 0.6 is 0 Å². The maximum atomic E-state index is 12.1. The van der Waals surface area contributed by atoms with Crippen LogP contribution in [0.5, 0.6) is 0 Å². The van der Waals surface area contributed by atoms with Crippen LogP contribution in [-0.2, 0) is 4.79 Å². The van der Waals surface area contributed by atoms with E-state index >= 15 is 0 Å². The van der Waals surface area contributed by atoms with Crippen molar-refractivity contribution < 1.29 is 23.1 Å². The Morgan fingerprint density at radius 1 is 1.40 bits per heavy atom. The molecular weight excluding hydrogens is 211 g/mol. The molecular formula is C9H14F3NO2. The molecule has 0 atom stereocenters. The van der Waals surface area contributed by atoms with E-state index in [4.69, 9.17) is 5.11 Å². The highest BCUT2D eigenvalue weighted by Gasteiger charge is 2.34. The second kappa shape index (κ2) is 4.94. The lowest BCUT2D eigenvalue weighted by Crippen LogP contribution is -2.39. The summed E-state index contributed by atoms with van der Waals surface area (Å²) >= 11 is 0. The summed E-state index contributed by atoms with van der Waals surface area (Å²) < 4.78 is 36.2. The fourth-order valence-electron chi connectivity index (χ4n) is 1.36. The Hall–Kier alpha value is -0.620. The minimum Gasteiger partial charge on any atom is -0.395 e. The fourth-order valence-corrected chi connectivity index (χ4v) is 1.36. The highest BCUT2D eigenvalue weighted by atomic mass is 19.4. The summed E-state index contributed by atoms with van der Waals surface area (Å²) in [5, 5.41) is 8.58.